The first-order chi connectivity index (χ1) is 9.80. The molecule has 0 heterocycles. The Morgan fingerprint density at radius 2 is 1.60 bits per heavy atom. The van der Waals surface area contributed by atoms with Crippen molar-refractivity contribution < 1.29 is 0 Å². The van der Waals surface area contributed by atoms with E-state index in [0.717, 1.165) is 27.8 Å². The van der Waals surface area contributed by atoms with Crippen LogP contribution >= 0.6 is 11.6 Å². The summed E-state index contributed by atoms with van der Waals surface area (Å²) in [6.45, 7) is 7.74. The molecular formula is C19H17Cl. The maximum atomic E-state index is 6.11. The molecule has 100 valence electrons. The van der Waals surface area contributed by atoms with E-state index in [1.165, 1.54) is 0 Å². The quantitative estimate of drug-likeness (QED) is 0.483. The molecule has 0 aliphatic rings. The number of hydrogen-bond donors (Lipinski definition) is 0. The highest BCUT2D eigenvalue weighted by Gasteiger charge is 2.04. The molecule has 0 nitrogen and oxygen atoms in total. The smallest absolute Gasteiger partial charge is 0.0480 e. The lowest BCUT2D eigenvalue weighted by Gasteiger charge is -2.09. The number of rotatable bonds is 5. The highest BCUT2D eigenvalue weighted by atomic mass is 35.5. The average Bonchev–Trinajstić information content (AvgIpc) is 2.52. The fourth-order valence-corrected chi connectivity index (χ4v) is 2.41. The second-order valence-corrected chi connectivity index (χ2v) is 4.69. The van der Waals surface area contributed by atoms with Gasteiger partial charge < -0.3 is 0 Å². The maximum Gasteiger partial charge on any atom is 0.0480 e. The van der Waals surface area contributed by atoms with Gasteiger partial charge in [0.25, 0.3) is 0 Å². The van der Waals surface area contributed by atoms with Crippen molar-refractivity contribution in [1.29, 1.82) is 0 Å². The van der Waals surface area contributed by atoms with Gasteiger partial charge >= 0.3 is 0 Å². The predicted molar refractivity (Wildman–Crippen MR) is 91.7 cm³/mol. The zero-order chi connectivity index (χ0) is 14.4. The van der Waals surface area contributed by atoms with Crippen LogP contribution in [0.1, 0.15) is 22.3 Å². The first-order valence-corrected chi connectivity index (χ1v) is 7.03. The van der Waals surface area contributed by atoms with E-state index in [0.29, 0.717) is 5.88 Å². The van der Waals surface area contributed by atoms with Crippen LogP contribution in [0.4, 0.5) is 0 Å². The fraction of sp³-hybridized carbons (Fsp3) is 0.0526. The minimum atomic E-state index is 0.471. The molecule has 0 atom stereocenters. The van der Waals surface area contributed by atoms with Crippen molar-refractivity contribution in [1.82, 2.24) is 0 Å². The molecular weight excluding hydrogens is 264 g/mol. The molecule has 0 N–H and O–H groups in total. The molecule has 0 saturated carbocycles. The first kappa shape index (κ1) is 14.4. The summed E-state index contributed by atoms with van der Waals surface area (Å²) in [7, 11) is 0. The lowest BCUT2D eigenvalue weighted by atomic mass is 9.97. The average molecular weight is 281 g/mol. The van der Waals surface area contributed by atoms with E-state index in [2.05, 4.69) is 37.4 Å². The summed E-state index contributed by atoms with van der Waals surface area (Å²) in [5, 5.41) is 0. The molecule has 0 aromatic heterocycles. The van der Waals surface area contributed by atoms with Gasteiger partial charge in [0, 0.05) is 5.88 Å². The van der Waals surface area contributed by atoms with Crippen LogP contribution in [-0.2, 0) is 0 Å². The summed E-state index contributed by atoms with van der Waals surface area (Å²) in [6, 6.07) is 16.3. The molecule has 0 unspecified atom stereocenters. The monoisotopic (exact) mass is 280 g/mol. The second-order valence-electron chi connectivity index (χ2n) is 4.43. The van der Waals surface area contributed by atoms with Crippen molar-refractivity contribution in [2.75, 3.05) is 5.88 Å². The molecule has 0 aliphatic carbocycles. The van der Waals surface area contributed by atoms with Gasteiger partial charge in [0.05, 0.1) is 0 Å². The van der Waals surface area contributed by atoms with Crippen molar-refractivity contribution in [3.05, 3.63) is 83.9 Å². The van der Waals surface area contributed by atoms with Gasteiger partial charge in [0.2, 0.25) is 0 Å². The summed E-state index contributed by atoms with van der Waals surface area (Å²) < 4.78 is 0. The molecule has 1 heteroatoms. The van der Waals surface area contributed by atoms with Gasteiger partial charge in [-0.2, -0.15) is 0 Å². The Hall–Kier alpha value is -2.05. The highest BCUT2D eigenvalue weighted by molar-refractivity contribution is 6.24. The lowest BCUT2D eigenvalue weighted by Crippen LogP contribution is -1.90. The van der Waals surface area contributed by atoms with E-state index in [4.69, 9.17) is 11.6 Å². The summed E-state index contributed by atoms with van der Waals surface area (Å²) in [5.41, 5.74) is 5.51. The molecule has 0 radical (unpaired) electrons. The Morgan fingerprint density at radius 3 is 2.20 bits per heavy atom. The van der Waals surface area contributed by atoms with Gasteiger partial charge in [-0.3, -0.25) is 0 Å². The Balaban J connectivity index is 2.53. The Labute approximate surface area is 125 Å². The minimum absolute atomic E-state index is 0.471. The SMILES string of the molecule is C=Cc1cccc(C=C(CCl)c2ccccc2)c1C=C. The van der Waals surface area contributed by atoms with Crippen LogP contribution in [0.5, 0.6) is 0 Å². The van der Waals surface area contributed by atoms with E-state index >= 15 is 0 Å². The van der Waals surface area contributed by atoms with Gasteiger partial charge in [0.1, 0.15) is 0 Å². The Kier molecular flexibility index (Phi) is 4.97. The maximum absolute atomic E-state index is 6.11. The number of hydrogen-bond acceptors (Lipinski definition) is 0. The number of halogens is 1. The first-order valence-electron chi connectivity index (χ1n) is 6.50. The second kappa shape index (κ2) is 6.93. The van der Waals surface area contributed by atoms with Crippen molar-refractivity contribution in [3.8, 4) is 0 Å². The van der Waals surface area contributed by atoms with E-state index < -0.39 is 0 Å². The third-order valence-electron chi connectivity index (χ3n) is 3.22. The molecule has 0 aliphatic heterocycles. The summed E-state index contributed by atoms with van der Waals surface area (Å²) in [4.78, 5) is 0. The summed E-state index contributed by atoms with van der Waals surface area (Å²) >= 11 is 6.11. The van der Waals surface area contributed by atoms with Crippen LogP contribution in [0.25, 0.3) is 23.8 Å². The lowest BCUT2D eigenvalue weighted by molar-refractivity contribution is 1.55. The molecule has 20 heavy (non-hydrogen) atoms. The van der Waals surface area contributed by atoms with Crippen molar-refractivity contribution in [2.24, 2.45) is 0 Å². The molecule has 0 bridgehead atoms. The van der Waals surface area contributed by atoms with Crippen molar-refractivity contribution in [2.45, 2.75) is 0 Å². The number of alkyl halides is 1. The van der Waals surface area contributed by atoms with Gasteiger partial charge in [0.15, 0.2) is 0 Å². The van der Waals surface area contributed by atoms with Crippen LogP contribution in [-0.4, -0.2) is 5.88 Å². The molecule has 0 spiro atoms. The van der Waals surface area contributed by atoms with E-state index in [-0.39, 0.29) is 0 Å². The highest BCUT2D eigenvalue weighted by Crippen LogP contribution is 2.24. The predicted octanol–water partition coefficient (Wildman–Crippen LogP) is 5.75. The van der Waals surface area contributed by atoms with Gasteiger partial charge in [-0.15, -0.1) is 11.6 Å². The Morgan fingerprint density at radius 1 is 0.900 bits per heavy atom. The van der Waals surface area contributed by atoms with Crippen LogP contribution in [0, 0.1) is 0 Å². The van der Waals surface area contributed by atoms with E-state index in [1.807, 2.05) is 42.5 Å². The molecule has 0 fully saturated rings. The fourth-order valence-electron chi connectivity index (χ4n) is 2.18. The normalized spacial score (nSPS) is 11.2. The van der Waals surface area contributed by atoms with Crippen molar-refractivity contribution >= 4 is 35.4 Å². The standard InChI is InChI=1S/C19H17Cl/c1-3-15-11-8-12-17(19(15)4-2)13-18(14-20)16-9-6-5-7-10-16/h3-13H,1-2,14H2. The van der Waals surface area contributed by atoms with Gasteiger partial charge in [-0.05, 0) is 33.9 Å². The minimum Gasteiger partial charge on any atom is -0.122 e. The van der Waals surface area contributed by atoms with Gasteiger partial charge in [-0.25, -0.2) is 0 Å². The van der Waals surface area contributed by atoms with Gasteiger partial charge in [-0.1, -0.05) is 73.8 Å². The van der Waals surface area contributed by atoms with E-state index in [1.54, 1.807) is 0 Å². The molecule has 2 aromatic rings. The number of benzene rings is 2. The zero-order valence-corrected chi connectivity index (χ0v) is 12.1. The molecule has 2 aromatic carbocycles. The topological polar surface area (TPSA) is 0 Å². The summed E-state index contributed by atoms with van der Waals surface area (Å²) in [6.07, 6.45) is 5.82. The van der Waals surface area contributed by atoms with Crippen LogP contribution in [0.15, 0.2) is 61.7 Å². The van der Waals surface area contributed by atoms with Crippen LogP contribution in [0.3, 0.4) is 0 Å². The Bertz CT molecular complexity index is 636. The van der Waals surface area contributed by atoms with Crippen LogP contribution < -0.4 is 0 Å². The molecule has 0 saturated heterocycles. The number of allylic oxidation sites excluding steroid dienone is 1. The molecule has 2 rings (SSSR count). The zero-order valence-electron chi connectivity index (χ0n) is 11.4. The third-order valence-corrected chi connectivity index (χ3v) is 3.50. The summed E-state index contributed by atoms with van der Waals surface area (Å²) in [5.74, 6) is 0.471. The third kappa shape index (κ3) is 3.09. The van der Waals surface area contributed by atoms with Crippen molar-refractivity contribution in [3.63, 3.8) is 0 Å². The molecule has 0 amide bonds. The van der Waals surface area contributed by atoms with E-state index in [9.17, 15) is 0 Å². The van der Waals surface area contributed by atoms with Crippen LogP contribution in [0.2, 0.25) is 0 Å². The largest absolute Gasteiger partial charge is 0.122 e.